The lowest BCUT2D eigenvalue weighted by atomic mass is 9.93. The summed E-state index contributed by atoms with van der Waals surface area (Å²) in [4.78, 5) is 5.31. The molecule has 0 aliphatic heterocycles. The topological polar surface area (TPSA) is 67.8 Å². The van der Waals surface area contributed by atoms with E-state index in [-0.39, 0.29) is 6.61 Å². The molecular weight excluding hydrogens is 276 g/mol. The first-order chi connectivity index (χ1) is 10.6. The van der Waals surface area contributed by atoms with Gasteiger partial charge in [0.2, 0.25) is 0 Å². The molecule has 0 radical (unpaired) electrons. The van der Waals surface area contributed by atoms with Crippen LogP contribution in [-0.2, 0) is 4.84 Å². The first-order valence-electron chi connectivity index (χ1n) is 8.24. The fraction of sp³-hybridized carbons (Fsp3) is 0.611. The lowest BCUT2D eigenvalue weighted by Crippen LogP contribution is -2.40. The van der Waals surface area contributed by atoms with Crippen LogP contribution in [0.15, 0.2) is 29.4 Å². The van der Waals surface area contributed by atoms with Crippen LogP contribution in [0.1, 0.15) is 63.0 Å². The van der Waals surface area contributed by atoms with Crippen LogP contribution >= 0.6 is 0 Å². The average Bonchev–Trinajstić information content (AvgIpc) is 2.95. The summed E-state index contributed by atoms with van der Waals surface area (Å²) in [6.07, 6.45) is 4.94. The quantitative estimate of drug-likeness (QED) is 0.462. The second-order valence-corrected chi connectivity index (χ2v) is 6.45. The second kappa shape index (κ2) is 7.75. The van der Waals surface area contributed by atoms with E-state index in [9.17, 15) is 5.11 Å². The standard InChI is InChI=1S/C18H28N2O2/c1-3-4-11-22-20-14(2)15-5-7-16(8-6-15)17-9-10-18(19,12-17)13-21/h5-8,17,21H,3-4,9-13,19H2,1-2H3/t17-,18+/m0/s1. The molecule has 0 saturated heterocycles. The molecule has 1 saturated carbocycles. The van der Waals surface area contributed by atoms with E-state index in [0.717, 1.165) is 43.4 Å². The largest absolute Gasteiger partial charge is 0.396 e. The second-order valence-electron chi connectivity index (χ2n) is 6.45. The highest BCUT2D eigenvalue weighted by molar-refractivity contribution is 5.98. The van der Waals surface area contributed by atoms with Gasteiger partial charge in [0.1, 0.15) is 6.61 Å². The maximum atomic E-state index is 9.37. The van der Waals surface area contributed by atoms with E-state index < -0.39 is 5.54 Å². The zero-order valence-electron chi connectivity index (χ0n) is 13.7. The van der Waals surface area contributed by atoms with Crippen LogP contribution in [0.3, 0.4) is 0 Å². The summed E-state index contributed by atoms with van der Waals surface area (Å²) in [5.74, 6) is 0.448. The Balaban J connectivity index is 1.96. The van der Waals surface area contributed by atoms with Gasteiger partial charge in [0.15, 0.2) is 0 Å². The fourth-order valence-corrected chi connectivity index (χ4v) is 2.99. The summed E-state index contributed by atoms with van der Waals surface area (Å²) in [6.45, 7) is 4.85. The highest BCUT2D eigenvalue weighted by atomic mass is 16.6. The number of hydrogen-bond acceptors (Lipinski definition) is 4. The van der Waals surface area contributed by atoms with Crippen LogP contribution in [0.25, 0.3) is 0 Å². The molecule has 1 aromatic carbocycles. The Morgan fingerprint density at radius 1 is 1.41 bits per heavy atom. The molecule has 0 spiro atoms. The minimum Gasteiger partial charge on any atom is -0.396 e. The Labute approximate surface area is 133 Å². The van der Waals surface area contributed by atoms with E-state index in [1.165, 1.54) is 5.56 Å². The van der Waals surface area contributed by atoms with Crippen molar-refractivity contribution in [3.8, 4) is 0 Å². The molecule has 0 amide bonds. The first-order valence-corrected chi connectivity index (χ1v) is 8.24. The summed E-state index contributed by atoms with van der Waals surface area (Å²) >= 11 is 0. The summed E-state index contributed by atoms with van der Waals surface area (Å²) < 4.78 is 0. The molecule has 1 aliphatic carbocycles. The van der Waals surface area contributed by atoms with Crippen molar-refractivity contribution in [3.63, 3.8) is 0 Å². The lowest BCUT2D eigenvalue weighted by Gasteiger charge is -2.20. The molecule has 1 fully saturated rings. The Bertz CT molecular complexity index is 498. The number of unbranched alkanes of at least 4 members (excludes halogenated alkanes) is 1. The van der Waals surface area contributed by atoms with E-state index in [1.807, 2.05) is 6.92 Å². The number of benzene rings is 1. The van der Waals surface area contributed by atoms with Crippen molar-refractivity contribution in [2.75, 3.05) is 13.2 Å². The van der Waals surface area contributed by atoms with E-state index in [0.29, 0.717) is 12.5 Å². The van der Waals surface area contributed by atoms with E-state index in [1.54, 1.807) is 0 Å². The molecule has 2 atom stereocenters. The SMILES string of the molecule is CCCCON=C(C)c1ccc([C@H]2CC[C@](N)(CO)C2)cc1. The van der Waals surface area contributed by atoms with Gasteiger partial charge in [0.25, 0.3) is 0 Å². The Morgan fingerprint density at radius 2 is 2.14 bits per heavy atom. The smallest absolute Gasteiger partial charge is 0.117 e. The van der Waals surface area contributed by atoms with Gasteiger partial charge >= 0.3 is 0 Å². The molecule has 0 aromatic heterocycles. The molecule has 1 aliphatic rings. The van der Waals surface area contributed by atoms with Crippen molar-refractivity contribution in [1.29, 1.82) is 0 Å². The first kappa shape index (κ1) is 17.0. The van der Waals surface area contributed by atoms with Crippen molar-refractivity contribution in [3.05, 3.63) is 35.4 Å². The molecule has 4 nitrogen and oxygen atoms in total. The molecule has 1 aromatic rings. The average molecular weight is 304 g/mol. The monoisotopic (exact) mass is 304 g/mol. The van der Waals surface area contributed by atoms with Gasteiger partial charge in [-0.3, -0.25) is 0 Å². The van der Waals surface area contributed by atoms with Gasteiger partial charge in [0.05, 0.1) is 12.3 Å². The van der Waals surface area contributed by atoms with Crippen molar-refractivity contribution in [2.45, 2.75) is 57.4 Å². The Kier molecular flexibility index (Phi) is 5.98. The zero-order valence-corrected chi connectivity index (χ0v) is 13.7. The maximum Gasteiger partial charge on any atom is 0.117 e. The van der Waals surface area contributed by atoms with Crippen molar-refractivity contribution in [2.24, 2.45) is 10.9 Å². The number of hydrogen-bond donors (Lipinski definition) is 2. The summed E-state index contributed by atoms with van der Waals surface area (Å²) in [6, 6.07) is 8.47. The summed E-state index contributed by atoms with van der Waals surface area (Å²) in [5, 5.41) is 13.5. The molecule has 2 rings (SSSR count). The predicted octanol–water partition coefficient (Wildman–Crippen LogP) is 3.18. The van der Waals surface area contributed by atoms with Crippen LogP contribution in [-0.4, -0.2) is 29.6 Å². The number of aliphatic hydroxyl groups is 1. The van der Waals surface area contributed by atoms with Gasteiger partial charge in [0, 0.05) is 5.54 Å². The molecule has 0 bridgehead atoms. The van der Waals surface area contributed by atoms with Crippen molar-refractivity contribution >= 4 is 5.71 Å². The summed E-state index contributed by atoms with van der Waals surface area (Å²) in [5.41, 5.74) is 9.04. The number of nitrogens with two attached hydrogens (primary N) is 1. The molecule has 0 heterocycles. The number of oxime groups is 1. The third-order valence-electron chi connectivity index (χ3n) is 4.55. The Hall–Kier alpha value is -1.39. The maximum absolute atomic E-state index is 9.37. The zero-order chi connectivity index (χ0) is 16.0. The van der Waals surface area contributed by atoms with Gasteiger partial charge in [-0.05, 0) is 49.7 Å². The normalized spacial score (nSPS) is 25.5. The van der Waals surface area contributed by atoms with Crippen LogP contribution in [0.2, 0.25) is 0 Å². The minimum absolute atomic E-state index is 0.0719. The molecule has 4 heteroatoms. The fourth-order valence-electron chi connectivity index (χ4n) is 2.99. The Morgan fingerprint density at radius 3 is 2.73 bits per heavy atom. The van der Waals surface area contributed by atoms with Crippen molar-refractivity contribution < 1.29 is 9.94 Å². The van der Waals surface area contributed by atoms with Crippen molar-refractivity contribution in [1.82, 2.24) is 0 Å². The molecule has 3 N–H and O–H groups in total. The summed E-state index contributed by atoms with van der Waals surface area (Å²) in [7, 11) is 0. The van der Waals surface area contributed by atoms with Gasteiger partial charge in [-0.15, -0.1) is 0 Å². The lowest BCUT2D eigenvalue weighted by molar-refractivity contribution is 0.141. The minimum atomic E-state index is -0.395. The highest BCUT2D eigenvalue weighted by Gasteiger charge is 2.35. The highest BCUT2D eigenvalue weighted by Crippen LogP contribution is 2.39. The van der Waals surface area contributed by atoms with Gasteiger partial charge in [-0.1, -0.05) is 42.8 Å². The van der Waals surface area contributed by atoms with Crippen LogP contribution in [0, 0.1) is 0 Å². The molecule has 122 valence electrons. The van der Waals surface area contributed by atoms with Crippen LogP contribution in [0.4, 0.5) is 0 Å². The predicted molar refractivity (Wildman–Crippen MR) is 90.1 cm³/mol. The van der Waals surface area contributed by atoms with E-state index in [4.69, 9.17) is 10.6 Å². The third kappa shape index (κ3) is 4.31. The third-order valence-corrected chi connectivity index (χ3v) is 4.55. The van der Waals surface area contributed by atoms with Crippen LogP contribution in [0.5, 0.6) is 0 Å². The van der Waals surface area contributed by atoms with E-state index in [2.05, 4.69) is 36.3 Å². The van der Waals surface area contributed by atoms with Crippen LogP contribution < -0.4 is 5.73 Å². The molecule has 0 unspecified atom stereocenters. The van der Waals surface area contributed by atoms with Gasteiger partial charge in [-0.2, -0.15) is 0 Å². The molecule has 22 heavy (non-hydrogen) atoms. The van der Waals surface area contributed by atoms with Gasteiger partial charge < -0.3 is 15.7 Å². The molecular formula is C18H28N2O2. The van der Waals surface area contributed by atoms with E-state index >= 15 is 0 Å². The number of rotatable bonds is 7. The number of aliphatic hydroxyl groups excluding tert-OH is 1. The number of nitrogens with zero attached hydrogens (tertiary/aromatic N) is 1. The van der Waals surface area contributed by atoms with Gasteiger partial charge in [-0.25, -0.2) is 0 Å².